The lowest BCUT2D eigenvalue weighted by molar-refractivity contribution is -0.116. The van der Waals surface area contributed by atoms with Crippen LogP contribution in [-0.2, 0) is 4.79 Å². The van der Waals surface area contributed by atoms with Crippen molar-refractivity contribution in [2.45, 2.75) is 5.92 Å². The average molecular weight is 436 g/mol. The first-order chi connectivity index (χ1) is 14.6. The third-order valence-electron chi connectivity index (χ3n) is 4.55. The summed E-state index contributed by atoms with van der Waals surface area (Å²) >= 11 is 7.40. The van der Waals surface area contributed by atoms with Crippen molar-refractivity contribution < 1.29 is 9.53 Å². The van der Waals surface area contributed by atoms with Crippen LogP contribution in [0.4, 0.5) is 5.13 Å². The van der Waals surface area contributed by atoms with E-state index in [1.807, 2.05) is 60.7 Å². The van der Waals surface area contributed by atoms with Gasteiger partial charge in [-0.15, -0.1) is 0 Å². The van der Waals surface area contributed by atoms with Crippen LogP contribution in [0.1, 0.15) is 17.0 Å². The second-order valence-electron chi connectivity index (χ2n) is 6.53. The topological polar surface area (TPSA) is 64.1 Å². The molecule has 1 atom stereocenters. The summed E-state index contributed by atoms with van der Waals surface area (Å²) in [5.74, 6) is 0.0345. The second kappa shape index (κ2) is 9.07. The second-order valence-corrected chi connectivity index (χ2v) is 8.00. The molecule has 0 saturated heterocycles. The van der Waals surface area contributed by atoms with E-state index in [1.165, 1.54) is 11.3 Å². The van der Waals surface area contributed by atoms with Gasteiger partial charge in [0.05, 0.1) is 22.9 Å². The number of methoxy groups -OCH3 is 1. The van der Waals surface area contributed by atoms with E-state index in [2.05, 4.69) is 15.3 Å². The molecule has 0 saturated carbocycles. The lowest BCUT2D eigenvalue weighted by atomic mass is 9.90. The van der Waals surface area contributed by atoms with E-state index in [1.54, 1.807) is 25.7 Å². The Hall–Kier alpha value is -3.22. The van der Waals surface area contributed by atoms with Gasteiger partial charge >= 0.3 is 0 Å². The predicted octanol–water partition coefficient (Wildman–Crippen LogP) is 5.64. The number of nitrogens with zero attached hydrogens (tertiary/aromatic N) is 2. The zero-order valence-electron chi connectivity index (χ0n) is 16.1. The van der Waals surface area contributed by atoms with Crippen LogP contribution in [0.15, 0.2) is 79.3 Å². The van der Waals surface area contributed by atoms with E-state index in [-0.39, 0.29) is 5.91 Å². The number of nitrogens with one attached hydrogen (secondary N) is 1. The van der Waals surface area contributed by atoms with Crippen LogP contribution in [0.3, 0.4) is 0 Å². The highest BCUT2D eigenvalue weighted by Crippen LogP contribution is 2.32. The van der Waals surface area contributed by atoms with Crippen LogP contribution in [0.25, 0.3) is 10.4 Å². The van der Waals surface area contributed by atoms with E-state index < -0.39 is 5.92 Å². The number of aromatic nitrogens is 2. The molecule has 1 unspecified atom stereocenters. The summed E-state index contributed by atoms with van der Waals surface area (Å²) in [6.45, 7) is 0. The molecule has 2 heterocycles. The monoisotopic (exact) mass is 435 g/mol. The van der Waals surface area contributed by atoms with Gasteiger partial charge in [-0.2, -0.15) is 0 Å². The number of carbonyl (C=O) groups excluding carboxylic acids is 1. The molecule has 5 nitrogen and oxygen atoms in total. The Bertz CT molecular complexity index is 1160. The summed E-state index contributed by atoms with van der Waals surface area (Å²) in [5, 5.41) is 4.02. The largest absolute Gasteiger partial charge is 0.497 e. The van der Waals surface area contributed by atoms with Crippen LogP contribution < -0.4 is 10.1 Å². The first-order valence-electron chi connectivity index (χ1n) is 9.20. The van der Waals surface area contributed by atoms with Crippen LogP contribution in [0.2, 0.25) is 5.02 Å². The van der Waals surface area contributed by atoms with Gasteiger partial charge in [-0.3, -0.25) is 9.78 Å². The Morgan fingerprint density at radius 2 is 1.83 bits per heavy atom. The molecule has 2 aromatic heterocycles. The maximum atomic E-state index is 13.3. The SMILES string of the molecule is COc1cccc(C(C(=O)Nc2ncc(-c3cncc(Cl)c3)s2)c2ccccc2)c1. The summed E-state index contributed by atoms with van der Waals surface area (Å²) in [6, 6.07) is 19.0. The van der Waals surface area contributed by atoms with Gasteiger partial charge in [0.1, 0.15) is 5.75 Å². The fourth-order valence-electron chi connectivity index (χ4n) is 3.15. The summed E-state index contributed by atoms with van der Waals surface area (Å²) in [4.78, 5) is 22.6. The maximum Gasteiger partial charge on any atom is 0.238 e. The zero-order valence-corrected chi connectivity index (χ0v) is 17.7. The Morgan fingerprint density at radius 1 is 1.03 bits per heavy atom. The predicted molar refractivity (Wildman–Crippen MR) is 120 cm³/mol. The number of carbonyl (C=O) groups is 1. The van der Waals surface area contributed by atoms with Crippen molar-refractivity contribution in [1.82, 2.24) is 9.97 Å². The Morgan fingerprint density at radius 3 is 2.60 bits per heavy atom. The molecule has 0 fully saturated rings. The molecule has 0 spiro atoms. The highest BCUT2D eigenvalue weighted by molar-refractivity contribution is 7.19. The number of pyridine rings is 1. The quantitative estimate of drug-likeness (QED) is 0.425. The van der Waals surface area contributed by atoms with Gasteiger partial charge in [0.25, 0.3) is 0 Å². The zero-order chi connectivity index (χ0) is 20.9. The molecular weight excluding hydrogens is 418 g/mol. The lowest BCUT2D eigenvalue weighted by Crippen LogP contribution is -2.22. The first-order valence-corrected chi connectivity index (χ1v) is 10.4. The van der Waals surface area contributed by atoms with E-state index in [0.717, 1.165) is 21.6 Å². The van der Waals surface area contributed by atoms with Crippen LogP contribution in [0, 0.1) is 0 Å². The van der Waals surface area contributed by atoms with E-state index in [9.17, 15) is 4.79 Å². The Kier molecular flexibility index (Phi) is 6.07. The number of thiazole rings is 1. The number of ether oxygens (including phenoxy) is 1. The molecule has 4 aromatic rings. The molecule has 0 bridgehead atoms. The summed E-state index contributed by atoms with van der Waals surface area (Å²) < 4.78 is 5.34. The number of hydrogen-bond acceptors (Lipinski definition) is 5. The number of anilines is 1. The van der Waals surface area contributed by atoms with E-state index in [0.29, 0.717) is 15.9 Å². The first kappa shape index (κ1) is 20.1. The molecule has 1 N–H and O–H groups in total. The number of rotatable bonds is 6. The molecule has 1 amide bonds. The maximum absolute atomic E-state index is 13.3. The van der Waals surface area contributed by atoms with Gasteiger partial charge < -0.3 is 10.1 Å². The van der Waals surface area contributed by atoms with Crippen molar-refractivity contribution in [2.24, 2.45) is 0 Å². The Balaban J connectivity index is 1.63. The van der Waals surface area contributed by atoms with Gasteiger partial charge in [0, 0.05) is 24.2 Å². The van der Waals surface area contributed by atoms with Gasteiger partial charge in [-0.25, -0.2) is 4.98 Å². The van der Waals surface area contributed by atoms with Crippen molar-refractivity contribution in [3.05, 3.63) is 95.4 Å². The fourth-order valence-corrected chi connectivity index (χ4v) is 4.13. The molecule has 150 valence electrons. The third-order valence-corrected chi connectivity index (χ3v) is 5.72. The third kappa shape index (κ3) is 4.50. The normalized spacial score (nSPS) is 11.7. The van der Waals surface area contributed by atoms with Gasteiger partial charge in [-0.1, -0.05) is 65.4 Å². The Labute approximate surface area is 183 Å². The molecule has 30 heavy (non-hydrogen) atoms. The minimum atomic E-state index is -0.499. The molecule has 4 rings (SSSR count). The highest BCUT2D eigenvalue weighted by atomic mass is 35.5. The van der Waals surface area contributed by atoms with Crippen LogP contribution in [0.5, 0.6) is 5.75 Å². The molecule has 0 radical (unpaired) electrons. The van der Waals surface area contributed by atoms with Crippen molar-refractivity contribution in [1.29, 1.82) is 0 Å². The van der Waals surface area contributed by atoms with Crippen LogP contribution >= 0.6 is 22.9 Å². The summed E-state index contributed by atoms with van der Waals surface area (Å²) in [6.07, 6.45) is 5.00. The van der Waals surface area contributed by atoms with Gasteiger partial charge in [0.2, 0.25) is 5.91 Å². The van der Waals surface area contributed by atoms with Crippen LogP contribution in [-0.4, -0.2) is 23.0 Å². The summed E-state index contributed by atoms with van der Waals surface area (Å²) in [5.41, 5.74) is 2.58. The molecule has 2 aromatic carbocycles. The summed E-state index contributed by atoms with van der Waals surface area (Å²) in [7, 11) is 1.61. The van der Waals surface area contributed by atoms with Crippen molar-refractivity contribution in [2.75, 3.05) is 12.4 Å². The molecule has 0 aliphatic rings. The average Bonchev–Trinajstić information content (AvgIpc) is 3.23. The number of hydrogen-bond donors (Lipinski definition) is 1. The molecule has 0 aliphatic carbocycles. The number of amides is 1. The highest BCUT2D eigenvalue weighted by Gasteiger charge is 2.24. The van der Waals surface area contributed by atoms with Crippen molar-refractivity contribution >= 4 is 34.0 Å². The van der Waals surface area contributed by atoms with E-state index in [4.69, 9.17) is 16.3 Å². The minimum Gasteiger partial charge on any atom is -0.497 e. The van der Waals surface area contributed by atoms with E-state index >= 15 is 0 Å². The molecular formula is C23H18ClN3O2S. The molecule has 7 heteroatoms. The lowest BCUT2D eigenvalue weighted by Gasteiger charge is -2.17. The van der Waals surface area contributed by atoms with Crippen molar-refractivity contribution in [3.8, 4) is 16.2 Å². The standard InChI is InChI=1S/C23H18ClN3O2S/c1-29-19-9-5-8-16(11-19)21(15-6-3-2-4-7-15)22(28)27-23-26-14-20(30-23)17-10-18(24)13-25-12-17/h2-14,21H,1H3,(H,26,27,28). The van der Waals surface area contributed by atoms with Gasteiger partial charge in [0.15, 0.2) is 5.13 Å². The number of halogens is 1. The number of benzene rings is 2. The van der Waals surface area contributed by atoms with Crippen molar-refractivity contribution in [3.63, 3.8) is 0 Å². The fraction of sp³-hybridized carbons (Fsp3) is 0.0870. The molecule has 0 aliphatic heterocycles. The van der Waals surface area contributed by atoms with Gasteiger partial charge in [-0.05, 0) is 29.3 Å². The minimum absolute atomic E-state index is 0.167. The smallest absolute Gasteiger partial charge is 0.238 e.